The quantitative estimate of drug-likeness (QED) is 0.510. The summed E-state index contributed by atoms with van der Waals surface area (Å²) in [5, 5.41) is 7.32. The Morgan fingerprint density at radius 1 is 1.36 bits per heavy atom. The molecule has 1 saturated carbocycles. The van der Waals surface area contributed by atoms with E-state index in [4.69, 9.17) is 12.2 Å². The van der Waals surface area contributed by atoms with Gasteiger partial charge in [0, 0.05) is 12.6 Å². The van der Waals surface area contributed by atoms with E-state index in [-0.39, 0.29) is 0 Å². The molecule has 0 atom stereocenters. The van der Waals surface area contributed by atoms with Gasteiger partial charge in [-0.2, -0.15) is 0 Å². The van der Waals surface area contributed by atoms with Crippen LogP contribution in [0.25, 0.3) is 0 Å². The van der Waals surface area contributed by atoms with Crippen molar-refractivity contribution in [3.8, 4) is 0 Å². The topological polar surface area (TPSA) is 27.3 Å². The Morgan fingerprint density at radius 2 is 2.07 bits per heavy atom. The summed E-state index contributed by atoms with van der Waals surface area (Å²) in [6.45, 7) is 2.15. The van der Waals surface area contributed by atoms with Gasteiger partial charge in [-0.25, -0.2) is 0 Å². The van der Waals surface area contributed by atoms with Crippen LogP contribution in [-0.4, -0.2) is 43.2 Å². The van der Waals surface area contributed by atoms with Crippen LogP contribution in [0.15, 0.2) is 0 Å². The van der Waals surface area contributed by atoms with Crippen molar-refractivity contribution in [3.05, 3.63) is 0 Å². The van der Waals surface area contributed by atoms with Gasteiger partial charge in [0.2, 0.25) is 0 Å². The molecular weight excluding hydrogens is 194 g/mol. The molecule has 1 rings (SSSR count). The van der Waals surface area contributed by atoms with Crippen LogP contribution in [0.5, 0.6) is 0 Å². The average molecular weight is 215 g/mol. The zero-order valence-electron chi connectivity index (χ0n) is 9.18. The second-order valence-electron chi connectivity index (χ2n) is 4.18. The number of hydrogen-bond acceptors (Lipinski definition) is 2. The number of nitrogens with zero attached hydrogens (tertiary/aromatic N) is 1. The van der Waals surface area contributed by atoms with E-state index in [0.717, 1.165) is 18.2 Å². The van der Waals surface area contributed by atoms with Gasteiger partial charge in [0.25, 0.3) is 0 Å². The van der Waals surface area contributed by atoms with Gasteiger partial charge in [-0.05, 0) is 58.5 Å². The molecule has 0 radical (unpaired) electrons. The lowest BCUT2D eigenvalue weighted by atomic mass is 10.3. The zero-order valence-corrected chi connectivity index (χ0v) is 9.99. The summed E-state index contributed by atoms with van der Waals surface area (Å²) in [6, 6.07) is 0.664. The Hall–Kier alpha value is -0.350. The molecule has 2 N–H and O–H groups in total. The second-order valence-corrected chi connectivity index (χ2v) is 4.59. The summed E-state index contributed by atoms with van der Waals surface area (Å²) >= 11 is 5.14. The minimum atomic E-state index is 0.664. The minimum absolute atomic E-state index is 0.664. The third-order valence-electron chi connectivity index (χ3n) is 2.23. The van der Waals surface area contributed by atoms with Crippen molar-refractivity contribution in [2.75, 3.05) is 27.2 Å². The molecule has 4 heteroatoms. The fourth-order valence-electron chi connectivity index (χ4n) is 1.22. The van der Waals surface area contributed by atoms with Crippen LogP contribution >= 0.6 is 12.2 Å². The van der Waals surface area contributed by atoms with E-state index in [9.17, 15) is 0 Å². The van der Waals surface area contributed by atoms with Crippen molar-refractivity contribution < 1.29 is 0 Å². The molecule has 1 aliphatic rings. The van der Waals surface area contributed by atoms with Gasteiger partial charge in [-0.1, -0.05) is 0 Å². The van der Waals surface area contributed by atoms with E-state index < -0.39 is 0 Å². The van der Waals surface area contributed by atoms with Gasteiger partial charge in [0.05, 0.1) is 0 Å². The molecule has 0 bridgehead atoms. The maximum Gasteiger partial charge on any atom is 0.166 e. The lowest BCUT2D eigenvalue weighted by molar-refractivity contribution is 0.394. The maximum absolute atomic E-state index is 5.14. The van der Waals surface area contributed by atoms with E-state index >= 15 is 0 Å². The lowest BCUT2D eigenvalue weighted by Crippen LogP contribution is -2.37. The molecule has 0 heterocycles. The van der Waals surface area contributed by atoms with Gasteiger partial charge in [-0.3, -0.25) is 0 Å². The molecule has 0 aliphatic heterocycles. The van der Waals surface area contributed by atoms with Crippen molar-refractivity contribution in [3.63, 3.8) is 0 Å². The molecule has 82 valence electrons. The van der Waals surface area contributed by atoms with Crippen LogP contribution in [0.4, 0.5) is 0 Å². The Balaban J connectivity index is 1.84. The fourth-order valence-corrected chi connectivity index (χ4v) is 1.49. The minimum Gasteiger partial charge on any atom is -0.363 e. The van der Waals surface area contributed by atoms with E-state index in [0.29, 0.717) is 6.04 Å². The smallest absolute Gasteiger partial charge is 0.166 e. The van der Waals surface area contributed by atoms with Gasteiger partial charge in [0.1, 0.15) is 0 Å². The van der Waals surface area contributed by atoms with Gasteiger partial charge in [0.15, 0.2) is 5.11 Å². The third-order valence-corrected chi connectivity index (χ3v) is 2.49. The van der Waals surface area contributed by atoms with E-state index in [1.807, 2.05) is 0 Å². The SMILES string of the molecule is CN(C)CCCCNC(=S)NC1CC1. The van der Waals surface area contributed by atoms with E-state index in [2.05, 4.69) is 29.6 Å². The Bertz CT molecular complexity index is 178. The molecule has 0 aromatic rings. The van der Waals surface area contributed by atoms with Gasteiger partial charge >= 0.3 is 0 Å². The van der Waals surface area contributed by atoms with E-state index in [1.165, 1.54) is 25.7 Å². The standard InChI is InChI=1S/C10H21N3S/c1-13(2)8-4-3-7-11-10(14)12-9-5-6-9/h9H,3-8H2,1-2H3,(H2,11,12,14). The summed E-state index contributed by atoms with van der Waals surface area (Å²) < 4.78 is 0. The highest BCUT2D eigenvalue weighted by atomic mass is 32.1. The fraction of sp³-hybridized carbons (Fsp3) is 0.900. The zero-order chi connectivity index (χ0) is 10.4. The molecule has 1 fully saturated rings. The Labute approximate surface area is 92.2 Å². The Kier molecular flexibility index (Phi) is 5.19. The monoisotopic (exact) mass is 215 g/mol. The molecule has 1 aliphatic carbocycles. The molecular formula is C10H21N3S. The maximum atomic E-state index is 5.14. The van der Waals surface area contributed by atoms with Crippen molar-refractivity contribution in [2.24, 2.45) is 0 Å². The van der Waals surface area contributed by atoms with Crippen LogP contribution < -0.4 is 10.6 Å². The van der Waals surface area contributed by atoms with E-state index in [1.54, 1.807) is 0 Å². The predicted octanol–water partition coefficient (Wildman–Crippen LogP) is 0.955. The van der Waals surface area contributed by atoms with Crippen molar-refractivity contribution >= 4 is 17.3 Å². The summed E-state index contributed by atoms with van der Waals surface area (Å²) in [7, 11) is 4.21. The van der Waals surface area contributed by atoms with Gasteiger partial charge in [-0.15, -0.1) is 0 Å². The van der Waals surface area contributed by atoms with Crippen LogP contribution in [0, 0.1) is 0 Å². The summed E-state index contributed by atoms with van der Waals surface area (Å²) in [4.78, 5) is 2.21. The van der Waals surface area contributed by atoms with Crippen LogP contribution in [-0.2, 0) is 0 Å². The number of rotatable bonds is 6. The van der Waals surface area contributed by atoms with Crippen LogP contribution in [0.2, 0.25) is 0 Å². The number of thiocarbonyl (C=S) groups is 1. The summed E-state index contributed by atoms with van der Waals surface area (Å²) in [5.41, 5.74) is 0. The highest BCUT2D eigenvalue weighted by Crippen LogP contribution is 2.18. The molecule has 3 nitrogen and oxygen atoms in total. The van der Waals surface area contributed by atoms with Crippen molar-refractivity contribution in [1.82, 2.24) is 15.5 Å². The first-order valence-corrected chi connectivity index (χ1v) is 5.78. The first kappa shape index (κ1) is 11.7. The molecule has 0 spiro atoms. The normalized spacial score (nSPS) is 15.6. The van der Waals surface area contributed by atoms with Crippen LogP contribution in [0.1, 0.15) is 25.7 Å². The van der Waals surface area contributed by atoms with Gasteiger partial charge < -0.3 is 15.5 Å². The first-order valence-electron chi connectivity index (χ1n) is 5.37. The molecule has 0 aromatic heterocycles. The lowest BCUT2D eigenvalue weighted by Gasteiger charge is -2.11. The predicted molar refractivity (Wildman–Crippen MR) is 64.5 cm³/mol. The molecule has 0 aromatic carbocycles. The second kappa shape index (κ2) is 6.19. The molecule has 0 amide bonds. The molecule has 14 heavy (non-hydrogen) atoms. The number of nitrogens with one attached hydrogen (secondary N) is 2. The van der Waals surface area contributed by atoms with Crippen molar-refractivity contribution in [1.29, 1.82) is 0 Å². The van der Waals surface area contributed by atoms with Crippen molar-refractivity contribution in [2.45, 2.75) is 31.7 Å². The summed E-state index contributed by atoms with van der Waals surface area (Å²) in [5.74, 6) is 0. The average Bonchev–Trinajstić information content (AvgIpc) is 2.87. The Morgan fingerprint density at radius 3 is 2.64 bits per heavy atom. The highest BCUT2D eigenvalue weighted by Gasteiger charge is 2.21. The number of unbranched alkanes of at least 4 members (excludes halogenated alkanes) is 1. The largest absolute Gasteiger partial charge is 0.363 e. The third kappa shape index (κ3) is 6.16. The summed E-state index contributed by atoms with van der Waals surface area (Å²) in [6.07, 6.45) is 4.97. The first-order chi connectivity index (χ1) is 6.68. The molecule has 0 unspecified atom stereocenters. The number of hydrogen-bond donors (Lipinski definition) is 2. The molecule has 0 saturated heterocycles. The van der Waals surface area contributed by atoms with Crippen LogP contribution in [0.3, 0.4) is 0 Å². The highest BCUT2D eigenvalue weighted by molar-refractivity contribution is 7.80.